The van der Waals surface area contributed by atoms with Crippen molar-refractivity contribution in [2.45, 2.75) is 6.42 Å². The minimum absolute atomic E-state index is 0.0512. The summed E-state index contributed by atoms with van der Waals surface area (Å²) in [6, 6.07) is 9.26. The summed E-state index contributed by atoms with van der Waals surface area (Å²) in [7, 11) is 0. The van der Waals surface area contributed by atoms with Crippen LogP contribution in [0.4, 0.5) is 5.69 Å². The van der Waals surface area contributed by atoms with Crippen LogP contribution in [0.2, 0.25) is 0 Å². The number of thiazole rings is 1. The third-order valence-electron chi connectivity index (χ3n) is 2.62. The predicted molar refractivity (Wildman–Crippen MR) is 79.1 cm³/mol. The number of aromatic nitrogens is 1. The Morgan fingerprint density at radius 2 is 2.21 bits per heavy atom. The average molecular weight is 290 g/mol. The highest BCUT2D eigenvalue weighted by molar-refractivity contribution is 7.16. The van der Waals surface area contributed by atoms with Gasteiger partial charge in [0.1, 0.15) is 0 Å². The molecular weight excluding hydrogens is 280 g/mol. The van der Waals surface area contributed by atoms with E-state index in [4.69, 9.17) is 0 Å². The second-order valence-electron chi connectivity index (χ2n) is 4.03. The number of carbonyl (C=O) groups is 1. The molecular formula is C13H10N2O2S2. The maximum absolute atomic E-state index is 11.9. The van der Waals surface area contributed by atoms with Gasteiger partial charge in [0.15, 0.2) is 0 Å². The van der Waals surface area contributed by atoms with Gasteiger partial charge in [0.05, 0.1) is 16.6 Å². The van der Waals surface area contributed by atoms with E-state index in [2.05, 4.69) is 10.3 Å². The van der Waals surface area contributed by atoms with Gasteiger partial charge in [0, 0.05) is 10.6 Å². The van der Waals surface area contributed by atoms with Crippen LogP contribution in [0.5, 0.6) is 0 Å². The highest BCUT2D eigenvalue weighted by atomic mass is 32.1. The highest BCUT2D eigenvalue weighted by Gasteiger charge is 2.06. The SMILES string of the molecule is O=C(Cc1cccs1)Nc1ccc2[nH]c(=O)sc2c1. The first kappa shape index (κ1) is 12.1. The van der Waals surface area contributed by atoms with Crippen molar-refractivity contribution < 1.29 is 4.79 Å². The average Bonchev–Trinajstić information content (AvgIpc) is 2.96. The predicted octanol–water partition coefficient (Wildman–Crippen LogP) is 2.83. The van der Waals surface area contributed by atoms with E-state index in [0.29, 0.717) is 12.1 Å². The summed E-state index contributed by atoms with van der Waals surface area (Å²) in [5, 5.41) is 4.79. The highest BCUT2D eigenvalue weighted by Crippen LogP contribution is 2.20. The standard InChI is InChI=1S/C13H10N2O2S2/c16-12(7-9-2-1-5-18-9)14-8-3-4-10-11(6-8)19-13(17)15-10/h1-6H,7H2,(H,14,16)(H,15,17). The van der Waals surface area contributed by atoms with Crippen molar-refractivity contribution in [3.8, 4) is 0 Å². The summed E-state index contributed by atoms with van der Waals surface area (Å²) < 4.78 is 0.846. The van der Waals surface area contributed by atoms with Crippen LogP contribution in [0.15, 0.2) is 40.5 Å². The summed E-state index contributed by atoms with van der Waals surface area (Å²) in [4.78, 5) is 26.7. The van der Waals surface area contributed by atoms with Crippen molar-refractivity contribution >= 4 is 44.5 Å². The van der Waals surface area contributed by atoms with E-state index in [1.807, 2.05) is 23.6 Å². The van der Waals surface area contributed by atoms with E-state index in [-0.39, 0.29) is 10.8 Å². The van der Waals surface area contributed by atoms with E-state index in [1.165, 1.54) is 0 Å². The van der Waals surface area contributed by atoms with Gasteiger partial charge >= 0.3 is 4.87 Å². The number of carbonyl (C=O) groups excluding carboxylic acids is 1. The molecule has 3 aromatic rings. The van der Waals surface area contributed by atoms with Crippen LogP contribution in [0.3, 0.4) is 0 Å². The van der Waals surface area contributed by atoms with Crippen molar-refractivity contribution in [3.63, 3.8) is 0 Å². The molecule has 0 atom stereocenters. The Bertz CT molecular complexity index is 771. The van der Waals surface area contributed by atoms with E-state index in [0.717, 1.165) is 26.4 Å². The van der Waals surface area contributed by atoms with Crippen molar-refractivity contribution in [1.29, 1.82) is 0 Å². The van der Waals surface area contributed by atoms with E-state index >= 15 is 0 Å². The molecule has 3 rings (SSSR count). The number of amides is 1. The molecule has 0 fully saturated rings. The van der Waals surface area contributed by atoms with Crippen molar-refractivity contribution in [3.05, 3.63) is 50.3 Å². The zero-order valence-electron chi connectivity index (χ0n) is 9.80. The lowest BCUT2D eigenvalue weighted by molar-refractivity contribution is -0.115. The molecule has 1 aromatic carbocycles. The molecule has 0 saturated heterocycles. The molecule has 96 valence electrons. The molecule has 0 aliphatic heterocycles. The van der Waals surface area contributed by atoms with Crippen molar-refractivity contribution in [2.24, 2.45) is 0 Å². The molecule has 2 heterocycles. The van der Waals surface area contributed by atoms with Crippen LogP contribution in [0, 0.1) is 0 Å². The monoisotopic (exact) mass is 290 g/mol. The summed E-state index contributed by atoms with van der Waals surface area (Å²) in [6.07, 6.45) is 0.374. The number of hydrogen-bond donors (Lipinski definition) is 2. The molecule has 4 nitrogen and oxygen atoms in total. The van der Waals surface area contributed by atoms with E-state index in [1.54, 1.807) is 23.5 Å². The minimum atomic E-state index is -0.0861. The number of benzene rings is 1. The zero-order valence-corrected chi connectivity index (χ0v) is 11.4. The molecule has 2 aromatic heterocycles. The van der Waals surface area contributed by atoms with Gasteiger partial charge in [-0.3, -0.25) is 9.59 Å². The van der Waals surface area contributed by atoms with Gasteiger partial charge in [-0.05, 0) is 29.6 Å². The minimum Gasteiger partial charge on any atom is -0.326 e. The first-order chi connectivity index (χ1) is 9.20. The lowest BCUT2D eigenvalue weighted by Crippen LogP contribution is -2.13. The molecule has 0 unspecified atom stereocenters. The molecule has 19 heavy (non-hydrogen) atoms. The largest absolute Gasteiger partial charge is 0.326 e. The van der Waals surface area contributed by atoms with E-state index in [9.17, 15) is 9.59 Å². The van der Waals surface area contributed by atoms with Crippen LogP contribution in [0.25, 0.3) is 10.2 Å². The Hall–Kier alpha value is -1.92. The quantitative estimate of drug-likeness (QED) is 0.779. The third-order valence-corrected chi connectivity index (χ3v) is 4.34. The van der Waals surface area contributed by atoms with Gasteiger partial charge in [0.25, 0.3) is 0 Å². The third kappa shape index (κ3) is 2.74. The Labute approximate surface area is 116 Å². The lowest BCUT2D eigenvalue weighted by atomic mass is 10.2. The van der Waals surface area contributed by atoms with Gasteiger partial charge in [-0.15, -0.1) is 11.3 Å². The number of aromatic amines is 1. The van der Waals surface area contributed by atoms with Crippen LogP contribution in [0.1, 0.15) is 4.88 Å². The summed E-state index contributed by atoms with van der Waals surface area (Å²) >= 11 is 2.70. The van der Waals surface area contributed by atoms with Crippen LogP contribution >= 0.6 is 22.7 Å². The molecule has 0 saturated carbocycles. The maximum Gasteiger partial charge on any atom is 0.305 e. The molecule has 0 aliphatic rings. The number of H-pyrrole nitrogens is 1. The molecule has 2 N–H and O–H groups in total. The van der Waals surface area contributed by atoms with Gasteiger partial charge < -0.3 is 10.3 Å². The molecule has 0 bridgehead atoms. The Morgan fingerprint density at radius 3 is 3.00 bits per heavy atom. The maximum atomic E-state index is 11.9. The summed E-state index contributed by atoms with van der Waals surface area (Å²) in [6.45, 7) is 0. The molecule has 6 heteroatoms. The summed E-state index contributed by atoms with van der Waals surface area (Å²) in [5.41, 5.74) is 1.51. The fraction of sp³-hybridized carbons (Fsp3) is 0.0769. The second kappa shape index (κ2) is 4.99. The van der Waals surface area contributed by atoms with Gasteiger partial charge in [-0.2, -0.15) is 0 Å². The molecule has 0 radical (unpaired) electrons. The topological polar surface area (TPSA) is 62.0 Å². The number of fused-ring (bicyclic) bond motifs is 1. The Morgan fingerprint density at radius 1 is 1.32 bits per heavy atom. The van der Waals surface area contributed by atoms with Gasteiger partial charge in [-0.25, -0.2) is 0 Å². The fourth-order valence-electron chi connectivity index (χ4n) is 1.80. The number of rotatable bonds is 3. The van der Waals surface area contributed by atoms with E-state index < -0.39 is 0 Å². The number of nitrogens with one attached hydrogen (secondary N) is 2. The Kier molecular flexibility index (Phi) is 3.18. The first-order valence-corrected chi connectivity index (χ1v) is 7.35. The normalized spacial score (nSPS) is 10.7. The fourth-order valence-corrected chi connectivity index (χ4v) is 3.28. The molecule has 0 spiro atoms. The first-order valence-electron chi connectivity index (χ1n) is 5.66. The number of anilines is 1. The summed E-state index contributed by atoms with van der Waals surface area (Å²) in [5.74, 6) is -0.0512. The van der Waals surface area contributed by atoms with Crippen molar-refractivity contribution in [2.75, 3.05) is 5.32 Å². The molecule has 0 aliphatic carbocycles. The van der Waals surface area contributed by atoms with Gasteiger partial charge in [0.2, 0.25) is 5.91 Å². The second-order valence-corrected chi connectivity index (χ2v) is 6.08. The van der Waals surface area contributed by atoms with Crippen LogP contribution in [-0.4, -0.2) is 10.9 Å². The molecule has 1 amide bonds. The number of thiophene rings is 1. The van der Waals surface area contributed by atoms with Crippen LogP contribution in [-0.2, 0) is 11.2 Å². The van der Waals surface area contributed by atoms with Crippen molar-refractivity contribution in [1.82, 2.24) is 4.98 Å². The smallest absolute Gasteiger partial charge is 0.305 e. The Balaban J connectivity index is 1.77. The lowest BCUT2D eigenvalue weighted by Gasteiger charge is -2.04. The zero-order chi connectivity index (χ0) is 13.2. The number of hydrogen-bond acceptors (Lipinski definition) is 4. The van der Waals surface area contributed by atoms with Gasteiger partial charge in [-0.1, -0.05) is 17.4 Å². The van der Waals surface area contributed by atoms with Crippen LogP contribution < -0.4 is 10.2 Å².